The van der Waals surface area contributed by atoms with Gasteiger partial charge in [-0.3, -0.25) is 10.1 Å². The zero-order valence-corrected chi connectivity index (χ0v) is 9.46. The molecule has 0 aliphatic carbocycles. The number of aromatic nitrogens is 1. The first kappa shape index (κ1) is 11.7. The van der Waals surface area contributed by atoms with Crippen molar-refractivity contribution in [3.8, 4) is 0 Å². The predicted molar refractivity (Wildman–Crippen MR) is 55.6 cm³/mol. The zero-order valence-electron chi connectivity index (χ0n) is 9.46. The van der Waals surface area contributed by atoms with Gasteiger partial charge in [-0.2, -0.15) is 4.98 Å². The molecule has 0 saturated carbocycles. The third-order valence-corrected chi connectivity index (χ3v) is 2.19. The number of rotatable bonds is 4. The second-order valence-electron chi connectivity index (χ2n) is 3.67. The van der Waals surface area contributed by atoms with Crippen LogP contribution >= 0.6 is 0 Å². The smallest absolute Gasteiger partial charge is 0.301 e. The van der Waals surface area contributed by atoms with Crippen LogP contribution in [0.15, 0.2) is 10.7 Å². The van der Waals surface area contributed by atoms with E-state index in [0.29, 0.717) is 0 Å². The quantitative estimate of drug-likeness (QED) is 0.823. The standard InChI is InChI=1S/C10H16N2O3/c1-5-7-6-15-9(11-7)12-8(13)10(2,3)14-4/h6H,5H2,1-4H3,(H,11,12,13). The molecule has 1 rings (SSSR count). The number of carbonyl (C=O) groups excluding carboxylic acids is 1. The summed E-state index contributed by atoms with van der Waals surface area (Å²) >= 11 is 0. The van der Waals surface area contributed by atoms with Crippen molar-refractivity contribution in [1.29, 1.82) is 0 Å². The fraction of sp³-hybridized carbons (Fsp3) is 0.600. The third-order valence-electron chi connectivity index (χ3n) is 2.19. The van der Waals surface area contributed by atoms with Crippen LogP contribution in [0.5, 0.6) is 0 Å². The molecule has 1 heterocycles. The number of hydrogen-bond acceptors (Lipinski definition) is 4. The van der Waals surface area contributed by atoms with Crippen molar-refractivity contribution in [2.24, 2.45) is 0 Å². The Morgan fingerprint density at radius 2 is 2.33 bits per heavy atom. The van der Waals surface area contributed by atoms with Crippen LogP contribution in [0, 0.1) is 0 Å². The van der Waals surface area contributed by atoms with E-state index in [0.717, 1.165) is 12.1 Å². The zero-order chi connectivity index (χ0) is 11.5. The lowest BCUT2D eigenvalue weighted by atomic mass is 10.1. The number of aryl methyl sites for hydroxylation is 1. The molecule has 0 aliphatic heterocycles. The molecule has 0 spiro atoms. The molecule has 84 valence electrons. The maximum absolute atomic E-state index is 11.6. The van der Waals surface area contributed by atoms with E-state index < -0.39 is 5.60 Å². The Morgan fingerprint density at radius 1 is 1.67 bits per heavy atom. The van der Waals surface area contributed by atoms with E-state index in [4.69, 9.17) is 9.15 Å². The molecule has 5 heteroatoms. The number of oxazole rings is 1. The highest BCUT2D eigenvalue weighted by Gasteiger charge is 2.28. The van der Waals surface area contributed by atoms with Crippen LogP contribution in [0.4, 0.5) is 6.01 Å². The molecule has 0 unspecified atom stereocenters. The van der Waals surface area contributed by atoms with E-state index >= 15 is 0 Å². The Hall–Kier alpha value is -1.36. The van der Waals surface area contributed by atoms with Crippen LogP contribution in [0.1, 0.15) is 26.5 Å². The van der Waals surface area contributed by atoms with Gasteiger partial charge >= 0.3 is 6.01 Å². The van der Waals surface area contributed by atoms with Crippen molar-refractivity contribution in [2.75, 3.05) is 12.4 Å². The number of amides is 1. The van der Waals surface area contributed by atoms with Gasteiger partial charge in [0.05, 0.1) is 5.69 Å². The highest BCUT2D eigenvalue weighted by atomic mass is 16.5. The SMILES string of the molecule is CCc1coc(NC(=O)C(C)(C)OC)n1. The summed E-state index contributed by atoms with van der Waals surface area (Å²) in [5, 5.41) is 2.55. The Labute approximate surface area is 88.8 Å². The molecule has 5 nitrogen and oxygen atoms in total. The highest BCUT2D eigenvalue weighted by molar-refractivity contribution is 5.95. The molecular weight excluding hydrogens is 196 g/mol. The molecule has 1 aromatic rings. The van der Waals surface area contributed by atoms with Crippen molar-refractivity contribution in [3.05, 3.63) is 12.0 Å². The van der Waals surface area contributed by atoms with Gasteiger partial charge in [-0.15, -0.1) is 0 Å². The van der Waals surface area contributed by atoms with Crippen molar-refractivity contribution in [2.45, 2.75) is 32.8 Å². The summed E-state index contributed by atoms with van der Waals surface area (Å²) in [4.78, 5) is 15.7. The fourth-order valence-electron chi connectivity index (χ4n) is 0.867. The largest absolute Gasteiger partial charge is 0.432 e. The molecule has 1 amide bonds. The molecule has 0 bridgehead atoms. The van der Waals surface area contributed by atoms with Gasteiger partial charge in [0.15, 0.2) is 0 Å². The van der Waals surface area contributed by atoms with Crippen LogP contribution in [-0.4, -0.2) is 23.6 Å². The molecular formula is C10H16N2O3. The summed E-state index contributed by atoms with van der Waals surface area (Å²) in [5.74, 6) is -0.283. The Kier molecular flexibility index (Phi) is 3.47. The molecule has 0 saturated heterocycles. The summed E-state index contributed by atoms with van der Waals surface area (Å²) in [6.07, 6.45) is 2.29. The highest BCUT2D eigenvalue weighted by Crippen LogP contribution is 2.13. The Morgan fingerprint density at radius 3 is 2.80 bits per heavy atom. The minimum atomic E-state index is -0.888. The molecule has 0 atom stereocenters. The average Bonchev–Trinajstić information content (AvgIpc) is 2.65. The van der Waals surface area contributed by atoms with Crippen molar-refractivity contribution >= 4 is 11.9 Å². The van der Waals surface area contributed by atoms with Crippen molar-refractivity contribution < 1.29 is 13.9 Å². The van der Waals surface area contributed by atoms with E-state index in [2.05, 4.69) is 10.3 Å². The molecule has 0 fully saturated rings. The number of carbonyl (C=O) groups is 1. The maximum Gasteiger partial charge on any atom is 0.301 e. The minimum absolute atomic E-state index is 0.210. The Bertz CT molecular complexity index is 344. The molecule has 0 aliphatic rings. The number of hydrogen-bond donors (Lipinski definition) is 1. The van der Waals surface area contributed by atoms with Crippen LogP contribution < -0.4 is 5.32 Å². The summed E-state index contributed by atoms with van der Waals surface area (Å²) in [6, 6.07) is 0.210. The van der Waals surface area contributed by atoms with Gasteiger partial charge in [-0.05, 0) is 20.3 Å². The molecule has 0 radical (unpaired) electrons. The van der Waals surface area contributed by atoms with Crippen LogP contribution in [-0.2, 0) is 16.0 Å². The van der Waals surface area contributed by atoms with E-state index in [1.807, 2.05) is 6.92 Å². The summed E-state index contributed by atoms with van der Waals surface area (Å²) < 4.78 is 10.1. The second kappa shape index (κ2) is 4.44. The minimum Gasteiger partial charge on any atom is -0.432 e. The average molecular weight is 212 g/mol. The van der Waals surface area contributed by atoms with E-state index in [1.165, 1.54) is 13.4 Å². The summed E-state index contributed by atoms with van der Waals surface area (Å²) in [5.41, 5.74) is -0.0820. The first-order valence-electron chi connectivity index (χ1n) is 4.80. The van der Waals surface area contributed by atoms with E-state index in [9.17, 15) is 4.79 Å². The van der Waals surface area contributed by atoms with Gasteiger partial charge in [0.25, 0.3) is 5.91 Å². The number of nitrogens with zero attached hydrogens (tertiary/aromatic N) is 1. The number of ether oxygens (including phenoxy) is 1. The van der Waals surface area contributed by atoms with E-state index in [1.54, 1.807) is 13.8 Å². The van der Waals surface area contributed by atoms with Gasteiger partial charge in [-0.25, -0.2) is 0 Å². The number of nitrogens with one attached hydrogen (secondary N) is 1. The first-order valence-corrected chi connectivity index (χ1v) is 4.80. The lowest BCUT2D eigenvalue weighted by Gasteiger charge is -2.20. The van der Waals surface area contributed by atoms with Gasteiger partial charge in [0.1, 0.15) is 11.9 Å². The van der Waals surface area contributed by atoms with Crippen LogP contribution in [0.2, 0.25) is 0 Å². The Balaban J connectivity index is 2.66. The van der Waals surface area contributed by atoms with Crippen molar-refractivity contribution in [3.63, 3.8) is 0 Å². The molecule has 1 aromatic heterocycles. The maximum atomic E-state index is 11.6. The summed E-state index contributed by atoms with van der Waals surface area (Å²) in [7, 11) is 1.48. The monoisotopic (exact) mass is 212 g/mol. The number of anilines is 1. The normalized spacial score (nSPS) is 11.5. The third kappa shape index (κ3) is 2.79. The lowest BCUT2D eigenvalue weighted by Crippen LogP contribution is -2.38. The number of methoxy groups -OCH3 is 1. The fourth-order valence-corrected chi connectivity index (χ4v) is 0.867. The van der Waals surface area contributed by atoms with E-state index in [-0.39, 0.29) is 11.9 Å². The summed E-state index contributed by atoms with van der Waals surface area (Å²) in [6.45, 7) is 5.31. The van der Waals surface area contributed by atoms with Gasteiger partial charge in [-0.1, -0.05) is 6.92 Å². The molecule has 0 aromatic carbocycles. The van der Waals surface area contributed by atoms with Crippen molar-refractivity contribution in [1.82, 2.24) is 4.98 Å². The predicted octanol–water partition coefficient (Wildman–Crippen LogP) is 1.60. The second-order valence-corrected chi connectivity index (χ2v) is 3.67. The van der Waals surface area contributed by atoms with Crippen LogP contribution in [0.25, 0.3) is 0 Å². The topological polar surface area (TPSA) is 64.4 Å². The van der Waals surface area contributed by atoms with Gasteiger partial charge < -0.3 is 9.15 Å². The molecule has 15 heavy (non-hydrogen) atoms. The van der Waals surface area contributed by atoms with Gasteiger partial charge in [0, 0.05) is 7.11 Å². The molecule has 1 N–H and O–H groups in total. The first-order chi connectivity index (χ1) is 6.99. The van der Waals surface area contributed by atoms with Crippen LogP contribution in [0.3, 0.4) is 0 Å². The van der Waals surface area contributed by atoms with Gasteiger partial charge in [0.2, 0.25) is 0 Å². The lowest BCUT2D eigenvalue weighted by molar-refractivity contribution is -0.133.